The zero-order valence-electron chi connectivity index (χ0n) is 15.7. The van der Waals surface area contributed by atoms with Crippen LogP contribution in [0.4, 0.5) is 0 Å². The molecule has 2 amide bonds. The number of hydroxylamine groups is 1. The largest absolute Gasteiger partial charge is 0.457 e. The second-order valence-corrected chi connectivity index (χ2v) is 6.55. The maximum atomic E-state index is 11.8. The lowest BCUT2D eigenvalue weighted by atomic mass is 10.1. The summed E-state index contributed by atoms with van der Waals surface area (Å²) in [6.45, 7) is 4.63. The van der Waals surface area contributed by atoms with Crippen molar-refractivity contribution in [3.05, 3.63) is 53.3 Å². The molecule has 2 aromatic rings. The van der Waals surface area contributed by atoms with Gasteiger partial charge in [0.15, 0.2) is 0 Å². The van der Waals surface area contributed by atoms with E-state index in [-0.39, 0.29) is 18.2 Å². The summed E-state index contributed by atoms with van der Waals surface area (Å²) < 4.78 is 5.80. The van der Waals surface area contributed by atoms with Crippen molar-refractivity contribution < 1.29 is 19.2 Å². The SMILES string of the molecule is Cc1cc(C)cc(-c2ccc(/C=C/C(=O)NCCCCCC(=O)NO)o2)c1. The summed E-state index contributed by atoms with van der Waals surface area (Å²) in [7, 11) is 0. The lowest BCUT2D eigenvalue weighted by molar-refractivity contribution is -0.129. The Hall–Kier alpha value is -2.86. The first-order valence-corrected chi connectivity index (χ1v) is 9.05. The molecule has 0 saturated carbocycles. The normalized spacial score (nSPS) is 10.9. The molecule has 0 unspecified atom stereocenters. The van der Waals surface area contributed by atoms with E-state index in [1.807, 2.05) is 26.0 Å². The first-order chi connectivity index (χ1) is 13.0. The zero-order valence-corrected chi connectivity index (χ0v) is 15.7. The number of carbonyl (C=O) groups is 2. The van der Waals surface area contributed by atoms with Crippen molar-refractivity contribution in [1.29, 1.82) is 0 Å². The molecule has 27 heavy (non-hydrogen) atoms. The molecule has 6 heteroatoms. The molecule has 1 aromatic carbocycles. The lowest BCUT2D eigenvalue weighted by Crippen LogP contribution is -2.22. The van der Waals surface area contributed by atoms with E-state index in [2.05, 4.69) is 23.5 Å². The number of aryl methyl sites for hydroxylation is 2. The van der Waals surface area contributed by atoms with Gasteiger partial charge in [-0.05, 0) is 57.0 Å². The number of hydrogen-bond acceptors (Lipinski definition) is 4. The van der Waals surface area contributed by atoms with Crippen LogP contribution in [0.3, 0.4) is 0 Å². The summed E-state index contributed by atoms with van der Waals surface area (Å²) in [4.78, 5) is 22.7. The Labute approximate surface area is 159 Å². The molecule has 0 radical (unpaired) electrons. The third kappa shape index (κ3) is 7.11. The molecule has 0 fully saturated rings. The predicted molar refractivity (Wildman–Crippen MR) is 104 cm³/mol. The van der Waals surface area contributed by atoms with Gasteiger partial charge in [0.1, 0.15) is 11.5 Å². The number of nitrogens with one attached hydrogen (secondary N) is 2. The number of hydrogen-bond donors (Lipinski definition) is 3. The average molecular weight is 370 g/mol. The number of rotatable bonds is 9. The molecule has 0 aliphatic heterocycles. The molecule has 144 valence electrons. The van der Waals surface area contributed by atoms with E-state index < -0.39 is 0 Å². The van der Waals surface area contributed by atoms with Crippen molar-refractivity contribution in [2.75, 3.05) is 6.54 Å². The fraction of sp³-hybridized carbons (Fsp3) is 0.333. The summed E-state index contributed by atoms with van der Waals surface area (Å²) >= 11 is 0. The van der Waals surface area contributed by atoms with Crippen LogP contribution in [-0.2, 0) is 9.59 Å². The van der Waals surface area contributed by atoms with Crippen LogP contribution in [0.15, 0.2) is 40.8 Å². The quantitative estimate of drug-likeness (QED) is 0.271. The Bertz CT molecular complexity index is 788. The van der Waals surface area contributed by atoms with E-state index in [1.54, 1.807) is 11.6 Å². The summed E-state index contributed by atoms with van der Waals surface area (Å²) in [5, 5.41) is 11.2. The third-order valence-electron chi connectivity index (χ3n) is 4.04. The van der Waals surface area contributed by atoms with Crippen molar-refractivity contribution in [1.82, 2.24) is 10.8 Å². The van der Waals surface area contributed by atoms with Crippen molar-refractivity contribution in [2.24, 2.45) is 0 Å². The van der Waals surface area contributed by atoms with Crippen molar-refractivity contribution in [3.63, 3.8) is 0 Å². The molecule has 2 rings (SSSR count). The maximum Gasteiger partial charge on any atom is 0.244 e. The van der Waals surface area contributed by atoms with Crippen LogP contribution in [0.25, 0.3) is 17.4 Å². The Kier molecular flexibility index (Phi) is 7.82. The second-order valence-electron chi connectivity index (χ2n) is 6.55. The Morgan fingerprint density at radius 1 is 1.07 bits per heavy atom. The van der Waals surface area contributed by atoms with E-state index in [0.29, 0.717) is 18.7 Å². The molecule has 1 heterocycles. The Morgan fingerprint density at radius 3 is 2.52 bits per heavy atom. The minimum atomic E-state index is -0.388. The Morgan fingerprint density at radius 2 is 1.81 bits per heavy atom. The molecule has 0 aliphatic rings. The van der Waals surface area contributed by atoms with Gasteiger partial charge in [-0.3, -0.25) is 14.8 Å². The van der Waals surface area contributed by atoms with Gasteiger partial charge in [-0.1, -0.05) is 23.6 Å². The zero-order chi connectivity index (χ0) is 19.6. The smallest absolute Gasteiger partial charge is 0.244 e. The topological polar surface area (TPSA) is 91.6 Å². The van der Waals surface area contributed by atoms with Crippen LogP contribution in [0.5, 0.6) is 0 Å². The first-order valence-electron chi connectivity index (χ1n) is 9.05. The van der Waals surface area contributed by atoms with E-state index >= 15 is 0 Å². The van der Waals surface area contributed by atoms with Crippen LogP contribution < -0.4 is 10.8 Å². The van der Waals surface area contributed by atoms with Crippen LogP contribution in [0.2, 0.25) is 0 Å². The van der Waals surface area contributed by atoms with Crippen molar-refractivity contribution in [2.45, 2.75) is 39.5 Å². The fourth-order valence-corrected chi connectivity index (χ4v) is 2.79. The van der Waals surface area contributed by atoms with Gasteiger partial charge < -0.3 is 9.73 Å². The molecule has 1 aromatic heterocycles. The molecule has 0 aliphatic carbocycles. The summed E-state index contributed by atoms with van der Waals surface area (Å²) in [5.74, 6) is 0.816. The maximum absolute atomic E-state index is 11.8. The fourth-order valence-electron chi connectivity index (χ4n) is 2.79. The monoisotopic (exact) mass is 370 g/mol. The number of benzene rings is 1. The predicted octanol–water partition coefficient (Wildman–Crippen LogP) is 3.76. The van der Waals surface area contributed by atoms with E-state index in [4.69, 9.17) is 9.62 Å². The minimum absolute atomic E-state index is 0.188. The van der Waals surface area contributed by atoms with Crippen LogP contribution in [0.1, 0.15) is 42.6 Å². The van der Waals surface area contributed by atoms with Crippen molar-refractivity contribution >= 4 is 17.9 Å². The molecule has 0 spiro atoms. The van der Waals surface area contributed by atoms with E-state index in [1.165, 1.54) is 17.2 Å². The minimum Gasteiger partial charge on any atom is -0.457 e. The Balaban J connectivity index is 1.76. The van der Waals surface area contributed by atoms with Gasteiger partial charge in [-0.15, -0.1) is 0 Å². The number of carbonyl (C=O) groups excluding carboxylic acids is 2. The highest BCUT2D eigenvalue weighted by atomic mass is 16.5. The number of unbranched alkanes of at least 4 members (excludes halogenated alkanes) is 2. The average Bonchev–Trinajstić information content (AvgIpc) is 3.11. The molecular formula is C21H26N2O4. The summed E-state index contributed by atoms with van der Waals surface area (Å²) in [6.07, 6.45) is 5.62. The van der Waals surface area contributed by atoms with Gasteiger partial charge in [-0.25, -0.2) is 5.48 Å². The molecule has 0 bridgehead atoms. The van der Waals surface area contributed by atoms with Gasteiger partial charge in [-0.2, -0.15) is 0 Å². The molecule has 0 atom stereocenters. The molecular weight excluding hydrogens is 344 g/mol. The van der Waals surface area contributed by atoms with E-state index in [9.17, 15) is 9.59 Å². The van der Waals surface area contributed by atoms with Gasteiger partial charge in [0, 0.05) is 24.6 Å². The highest BCUT2D eigenvalue weighted by molar-refractivity contribution is 5.91. The van der Waals surface area contributed by atoms with Crippen molar-refractivity contribution in [3.8, 4) is 11.3 Å². The van der Waals surface area contributed by atoms with E-state index in [0.717, 1.165) is 24.2 Å². The molecule has 6 nitrogen and oxygen atoms in total. The highest BCUT2D eigenvalue weighted by Gasteiger charge is 2.05. The van der Waals surface area contributed by atoms with Gasteiger partial charge >= 0.3 is 0 Å². The van der Waals surface area contributed by atoms with Gasteiger partial charge in [0.25, 0.3) is 0 Å². The van der Waals surface area contributed by atoms with Crippen LogP contribution in [-0.4, -0.2) is 23.6 Å². The lowest BCUT2D eigenvalue weighted by Gasteiger charge is -2.02. The van der Waals surface area contributed by atoms with Gasteiger partial charge in [0.2, 0.25) is 11.8 Å². The van der Waals surface area contributed by atoms with Gasteiger partial charge in [0.05, 0.1) is 0 Å². The molecule has 3 N–H and O–H groups in total. The van der Waals surface area contributed by atoms with Crippen LogP contribution >= 0.6 is 0 Å². The summed E-state index contributed by atoms with van der Waals surface area (Å²) in [5.41, 5.74) is 4.97. The first kappa shape index (κ1) is 20.5. The summed E-state index contributed by atoms with van der Waals surface area (Å²) in [6, 6.07) is 9.97. The second kappa shape index (κ2) is 10.3. The van der Waals surface area contributed by atoms with Crippen LogP contribution in [0, 0.1) is 13.8 Å². The number of amides is 2. The number of furan rings is 1. The molecule has 0 saturated heterocycles. The highest BCUT2D eigenvalue weighted by Crippen LogP contribution is 2.25. The standard InChI is InChI=1S/C21H26N2O4/c1-15-12-16(2)14-17(13-15)19-9-7-18(27-19)8-10-20(24)22-11-5-3-4-6-21(25)23-26/h7-10,12-14,26H,3-6,11H2,1-2H3,(H,22,24)(H,23,25)/b10-8+. The third-order valence-corrected chi connectivity index (χ3v) is 4.04.